The Morgan fingerprint density at radius 2 is 2.25 bits per heavy atom. The van der Waals surface area contributed by atoms with Crippen LogP contribution in [0.3, 0.4) is 0 Å². The maximum Gasteiger partial charge on any atom is 0.220 e. The van der Waals surface area contributed by atoms with Gasteiger partial charge < -0.3 is 9.84 Å². The summed E-state index contributed by atoms with van der Waals surface area (Å²) in [5, 5.41) is 6.91. The second-order valence-electron chi connectivity index (χ2n) is 3.60. The van der Waals surface area contributed by atoms with Crippen molar-refractivity contribution in [3.63, 3.8) is 0 Å². The van der Waals surface area contributed by atoms with Crippen molar-refractivity contribution in [1.29, 1.82) is 0 Å². The number of rotatable bonds is 5. The Bertz CT molecular complexity index is 379. The van der Waals surface area contributed by atoms with Gasteiger partial charge in [-0.1, -0.05) is 23.3 Å². The third-order valence-electron chi connectivity index (χ3n) is 2.26. The predicted octanol–water partition coefficient (Wildman–Crippen LogP) is 2.09. The summed E-state index contributed by atoms with van der Waals surface area (Å²) in [5.41, 5.74) is 1.84. The molecular formula is C11H15ClN2O2. The molecule has 1 amide bonds. The summed E-state index contributed by atoms with van der Waals surface area (Å²) in [7, 11) is 0. The highest BCUT2D eigenvalue weighted by atomic mass is 35.5. The molecule has 0 spiro atoms. The van der Waals surface area contributed by atoms with E-state index in [1.54, 1.807) is 0 Å². The van der Waals surface area contributed by atoms with Gasteiger partial charge in [0.25, 0.3) is 0 Å². The van der Waals surface area contributed by atoms with Crippen LogP contribution in [0.4, 0.5) is 0 Å². The van der Waals surface area contributed by atoms with Crippen LogP contribution in [-0.2, 0) is 11.2 Å². The highest BCUT2D eigenvalue weighted by molar-refractivity contribution is 6.29. The summed E-state index contributed by atoms with van der Waals surface area (Å²) < 4.78 is 5.01. The van der Waals surface area contributed by atoms with Crippen molar-refractivity contribution >= 4 is 17.5 Å². The van der Waals surface area contributed by atoms with E-state index in [4.69, 9.17) is 16.1 Å². The maximum atomic E-state index is 11.4. The van der Waals surface area contributed by atoms with Crippen molar-refractivity contribution in [1.82, 2.24) is 10.5 Å². The third kappa shape index (κ3) is 3.70. The minimum Gasteiger partial charge on any atom is -0.361 e. The number of halogens is 1. The lowest BCUT2D eigenvalue weighted by Crippen LogP contribution is -2.24. The zero-order valence-corrected chi connectivity index (χ0v) is 10.2. The van der Waals surface area contributed by atoms with Crippen molar-refractivity contribution in [2.75, 3.05) is 6.54 Å². The van der Waals surface area contributed by atoms with Crippen LogP contribution < -0.4 is 5.32 Å². The zero-order valence-electron chi connectivity index (χ0n) is 9.47. The minimum atomic E-state index is -0.0539. The summed E-state index contributed by atoms with van der Waals surface area (Å²) in [6.45, 7) is 7.51. The van der Waals surface area contributed by atoms with Crippen molar-refractivity contribution < 1.29 is 9.32 Å². The minimum absolute atomic E-state index is 0.0539. The molecule has 0 fully saturated rings. The van der Waals surface area contributed by atoms with Gasteiger partial charge in [-0.05, 0) is 20.3 Å². The Balaban J connectivity index is 2.40. The van der Waals surface area contributed by atoms with Crippen LogP contribution in [-0.4, -0.2) is 17.6 Å². The molecule has 0 aliphatic rings. The van der Waals surface area contributed by atoms with Gasteiger partial charge in [-0.2, -0.15) is 0 Å². The van der Waals surface area contributed by atoms with E-state index in [9.17, 15) is 4.79 Å². The number of nitrogens with one attached hydrogen (secondary N) is 1. The highest BCUT2D eigenvalue weighted by Crippen LogP contribution is 2.14. The van der Waals surface area contributed by atoms with Gasteiger partial charge in [-0.3, -0.25) is 4.79 Å². The lowest BCUT2D eigenvalue weighted by molar-refractivity contribution is -0.120. The van der Waals surface area contributed by atoms with Crippen LogP contribution in [0.2, 0.25) is 0 Å². The molecule has 0 radical (unpaired) electrons. The molecule has 1 N–H and O–H groups in total. The number of aromatic nitrogens is 1. The van der Waals surface area contributed by atoms with E-state index in [-0.39, 0.29) is 5.91 Å². The van der Waals surface area contributed by atoms with Crippen molar-refractivity contribution in [2.24, 2.45) is 0 Å². The van der Waals surface area contributed by atoms with Crippen molar-refractivity contribution in [3.05, 3.63) is 28.6 Å². The molecule has 0 aliphatic carbocycles. The van der Waals surface area contributed by atoms with E-state index in [2.05, 4.69) is 17.1 Å². The number of hydrogen-bond donors (Lipinski definition) is 1. The standard InChI is InChI=1S/C11H15ClN2O2/c1-7(12)6-13-11(15)5-4-10-8(2)14-16-9(10)3/h1,4-6H2,2-3H3,(H,13,15). The van der Waals surface area contributed by atoms with Crippen LogP contribution >= 0.6 is 11.6 Å². The molecule has 16 heavy (non-hydrogen) atoms. The molecule has 0 bridgehead atoms. The first-order chi connectivity index (χ1) is 7.50. The van der Waals surface area contributed by atoms with Crippen LogP contribution in [0.15, 0.2) is 16.1 Å². The fourth-order valence-electron chi connectivity index (χ4n) is 1.38. The van der Waals surface area contributed by atoms with Gasteiger partial charge in [-0.25, -0.2) is 0 Å². The molecule has 1 rings (SSSR count). The topological polar surface area (TPSA) is 55.1 Å². The zero-order chi connectivity index (χ0) is 12.1. The first-order valence-corrected chi connectivity index (χ1v) is 5.40. The van der Waals surface area contributed by atoms with Gasteiger partial charge in [0.15, 0.2) is 0 Å². The van der Waals surface area contributed by atoms with Crippen molar-refractivity contribution in [3.8, 4) is 0 Å². The van der Waals surface area contributed by atoms with Crippen LogP contribution in [0.1, 0.15) is 23.4 Å². The Hall–Kier alpha value is -1.29. The molecular weight excluding hydrogens is 228 g/mol. The quantitative estimate of drug-likeness (QED) is 0.860. The molecule has 0 saturated carbocycles. The number of aryl methyl sites for hydroxylation is 2. The van der Waals surface area contributed by atoms with Gasteiger partial charge in [-0.15, -0.1) is 0 Å². The average molecular weight is 243 g/mol. The molecule has 0 saturated heterocycles. The van der Waals surface area contributed by atoms with E-state index in [1.807, 2.05) is 13.8 Å². The molecule has 0 atom stereocenters. The van der Waals surface area contributed by atoms with E-state index in [1.165, 1.54) is 0 Å². The lowest BCUT2D eigenvalue weighted by atomic mass is 10.1. The predicted molar refractivity (Wildman–Crippen MR) is 62.3 cm³/mol. The molecule has 0 aliphatic heterocycles. The van der Waals surface area contributed by atoms with Crippen LogP contribution in [0.5, 0.6) is 0 Å². The smallest absolute Gasteiger partial charge is 0.220 e. The number of amides is 1. The van der Waals surface area contributed by atoms with E-state index in [0.717, 1.165) is 17.0 Å². The van der Waals surface area contributed by atoms with Gasteiger partial charge >= 0.3 is 0 Å². The fraction of sp³-hybridized carbons (Fsp3) is 0.455. The monoisotopic (exact) mass is 242 g/mol. The number of hydrogen-bond acceptors (Lipinski definition) is 3. The number of carbonyl (C=O) groups is 1. The normalized spacial score (nSPS) is 10.2. The number of carbonyl (C=O) groups excluding carboxylic acids is 1. The van der Waals surface area contributed by atoms with E-state index >= 15 is 0 Å². The number of nitrogens with zero attached hydrogens (tertiary/aromatic N) is 1. The summed E-state index contributed by atoms with van der Waals surface area (Å²) in [6, 6.07) is 0. The molecule has 88 valence electrons. The van der Waals surface area contributed by atoms with Gasteiger partial charge in [0.2, 0.25) is 5.91 Å². The summed E-state index contributed by atoms with van der Waals surface area (Å²) in [5.74, 6) is 0.717. The van der Waals surface area contributed by atoms with E-state index < -0.39 is 0 Å². The summed E-state index contributed by atoms with van der Waals surface area (Å²) in [4.78, 5) is 11.4. The van der Waals surface area contributed by atoms with E-state index in [0.29, 0.717) is 24.4 Å². The molecule has 5 heteroatoms. The summed E-state index contributed by atoms with van der Waals surface area (Å²) >= 11 is 5.54. The highest BCUT2D eigenvalue weighted by Gasteiger charge is 2.10. The molecule has 4 nitrogen and oxygen atoms in total. The van der Waals surface area contributed by atoms with Crippen molar-refractivity contribution in [2.45, 2.75) is 26.7 Å². The van der Waals surface area contributed by atoms with Gasteiger partial charge in [0.05, 0.1) is 12.2 Å². The summed E-state index contributed by atoms with van der Waals surface area (Å²) in [6.07, 6.45) is 1.02. The largest absolute Gasteiger partial charge is 0.361 e. The first kappa shape index (κ1) is 12.8. The fourth-order valence-corrected chi connectivity index (χ4v) is 1.45. The third-order valence-corrected chi connectivity index (χ3v) is 2.39. The Labute approximate surface area is 99.6 Å². The van der Waals surface area contributed by atoms with Crippen LogP contribution in [0.25, 0.3) is 0 Å². The SMILES string of the molecule is C=C(Cl)CNC(=O)CCc1c(C)noc1C. The molecule has 0 unspecified atom stereocenters. The molecule has 1 aromatic rings. The Morgan fingerprint density at radius 1 is 1.56 bits per heavy atom. The average Bonchev–Trinajstić information content (AvgIpc) is 2.53. The molecule has 1 aromatic heterocycles. The van der Waals surface area contributed by atoms with Gasteiger partial charge in [0.1, 0.15) is 5.76 Å². The maximum absolute atomic E-state index is 11.4. The Morgan fingerprint density at radius 3 is 2.75 bits per heavy atom. The van der Waals surface area contributed by atoms with Gasteiger partial charge in [0, 0.05) is 17.0 Å². The second-order valence-corrected chi connectivity index (χ2v) is 4.13. The molecule has 1 heterocycles. The second kappa shape index (κ2) is 5.70. The molecule has 0 aromatic carbocycles. The van der Waals surface area contributed by atoms with Crippen LogP contribution in [0, 0.1) is 13.8 Å². The Kier molecular flexibility index (Phi) is 4.55. The lowest BCUT2D eigenvalue weighted by Gasteiger charge is -2.03. The first-order valence-electron chi connectivity index (χ1n) is 5.02.